The normalized spacial score (nSPS) is 27.4. The molecule has 2 saturated heterocycles. The van der Waals surface area contributed by atoms with E-state index in [2.05, 4.69) is 40.0 Å². The summed E-state index contributed by atoms with van der Waals surface area (Å²) in [4.78, 5) is 8.54. The highest BCUT2D eigenvalue weighted by Crippen LogP contribution is 2.27. The molecular formula is C18H30N4O3S2. The van der Waals surface area contributed by atoms with Crippen molar-refractivity contribution in [1.29, 1.82) is 0 Å². The van der Waals surface area contributed by atoms with Gasteiger partial charge >= 0.3 is 0 Å². The van der Waals surface area contributed by atoms with Crippen LogP contribution in [-0.4, -0.2) is 75.7 Å². The van der Waals surface area contributed by atoms with Gasteiger partial charge in [0.25, 0.3) is 0 Å². The van der Waals surface area contributed by atoms with Crippen molar-refractivity contribution in [3.05, 3.63) is 22.4 Å². The Morgan fingerprint density at radius 2 is 2.37 bits per heavy atom. The fourth-order valence-corrected chi connectivity index (χ4v) is 6.12. The van der Waals surface area contributed by atoms with E-state index in [0.717, 1.165) is 26.2 Å². The summed E-state index contributed by atoms with van der Waals surface area (Å²) < 4.78 is 29.1. The third kappa shape index (κ3) is 5.91. The van der Waals surface area contributed by atoms with Crippen LogP contribution >= 0.6 is 11.3 Å². The number of hydrogen-bond donors (Lipinski definition) is 2. The quantitative estimate of drug-likeness (QED) is 0.539. The van der Waals surface area contributed by atoms with Crippen LogP contribution in [0.3, 0.4) is 0 Å². The van der Waals surface area contributed by atoms with Crippen molar-refractivity contribution >= 4 is 27.1 Å². The van der Waals surface area contributed by atoms with Crippen LogP contribution in [0.5, 0.6) is 0 Å². The summed E-state index contributed by atoms with van der Waals surface area (Å²) in [6.45, 7) is 8.02. The van der Waals surface area contributed by atoms with E-state index in [4.69, 9.17) is 9.73 Å². The molecule has 3 heterocycles. The molecule has 0 spiro atoms. The number of sulfone groups is 1. The zero-order valence-corrected chi connectivity index (χ0v) is 17.7. The molecule has 0 amide bonds. The molecule has 2 aliphatic heterocycles. The van der Waals surface area contributed by atoms with E-state index in [9.17, 15) is 8.42 Å². The van der Waals surface area contributed by atoms with Crippen LogP contribution in [0.2, 0.25) is 0 Å². The first kappa shape index (κ1) is 20.6. The van der Waals surface area contributed by atoms with E-state index in [-0.39, 0.29) is 29.7 Å². The van der Waals surface area contributed by atoms with Crippen LogP contribution in [0.4, 0.5) is 0 Å². The fraction of sp³-hybridized carbons (Fsp3) is 0.722. The standard InChI is InChI=1S/C18H30N4O3S2/c1-3-19-18(21-15-6-10-27(23,24)13-15)20-11-16(17-5-4-9-26-17)22-7-8-25-14(2)12-22/h4-5,9,14-16H,3,6-8,10-13H2,1-2H3,(H2,19,20,21). The minimum absolute atomic E-state index is 0.0589. The van der Waals surface area contributed by atoms with Crippen molar-refractivity contribution in [1.82, 2.24) is 15.5 Å². The van der Waals surface area contributed by atoms with E-state index in [1.165, 1.54) is 4.88 Å². The van der Waals surface area contributed by atoms with Gasteiger partial charge in [0.1, 0.15) is 0 Å². The molecular weight excluding hydrogens is 384 g/mol. The number of guanidine groups is 1. The number of ether oxygens (including phenoxy) is 1. The Labute approximate surface area is 166 Å². The van der Waals surface area contributed by atoms with Gasteiger partial charge in [-0.1, -0.05) is 6.07 Å². The first-order valence-electron chi connectivity index (χ1n) is 9.61. The molecule has 3 atom stereocenters. The smallest absolute Gasteiger partial charge is 0.191 e. The van der Waals surface area contributed by atoms with Crippen LogP contribution in [0.15, 0.2) is 22.5 Å². The highest BCUT2D eigenvalue weighted by molar-refractivity contribution is 7.91. The minimum atomic E-state index is -2.91. The monoisotopic (exact) mass is 414 g/mol. The zero-order valence-electron chi connectivity index (χ0n) is 16.1. The van der Waals surface area contributed by atoms with Gasteiger partial charge in [-0.3, -0.25) is 9.89 Å². The average molecular weight is 415 g/mol. The Kier molecular flexibility index (Phi) is 7.13. The molecule has 2 N–H and O–H groups in total. The third-order valence-electron chi connectivity index (χ3n) is 4.92. The predicted octanol–water partition coefficient (Wildman–Crippen LogP) is 1.25. The number of aliphatic imine (C=N–C) groups is 1. The van der Waals surface area contributed by atoms with Crippen LogP contribution in [0.25, 0.3) is 0 Å². The summed E-state index contributed by atoms with van der Waals surface area (Å²) in [5, 5.41) is 8.66. The molecule has 2 fully saturated rings. The molecule has 1 aromatic rings. The van der Waals surface area contributed by atoms with Gasteiger partial charge in [-0.05, 0) is 31.7 Å². The average Bonchev–Trinajstić information content (AvgIpc) is 3.25. The summed E-state index contributed by atoms with van der Waals surface area (Å²) >= 11 is 1.75. The molecule has 27 heavy (non-hydrogen) atoms. The molecule has 0 bridgehead atoms. The van der Waals surface area contributed by atoms with Crippen LogP contribution < -0.4 is 10.6 Å². The van der Waals surface area contributed by atoms with Gasteiger partial charge < -0.3 is 15.4 Å². The molecule has 9 heteroatoms. The Balaban J connectivity index is 1.70. The summed E-state index contributed by atoms with van der Waals surface area (Å²) in [7, 11) is -2.91. The first-order chi connectivity index (χ1) is 13.0. The highest BCUT2D eigenvalue weighted by Gasteiger charge is 2.29. The van der Waals surface area contributed by atoms with E-state index in [1.807, 2.05) is 6.92 Å². The van der Waals surface area contributed by atoms with Crippen molar-refractivity contribution in [2.45, 2.75) is 38.5 Å². The van der Waals surface area contributed by atoms with Gasteiger partial charge in [0.15, 0.2) is 15.8 Å². The van der Waals surface area contributed by atoms with Crippen molar-refractivity contribution in [3.63, 3.8) is 0 Å². The van der Waals surface area contributed by atoms with Gasteiger partial charge in [-0.15, -0.1) is 11.3 Å². The predicted molar refractivity (Wildman–Crippen MR) is 110 cm³/mol. The number of hydrogen-bond acceptors (Lipinski definition) is 6. The number of nitrogens with one attached hydrogen (secondary N) is 2. The lowest BCUT2D eigenvalue weighted by Gasteiger charge is -2.36. The number of thiophene rings is 1. The maximum absolute atomic E-state index is 11.7. The highest BCUT2D eigenvalue weighted by atomic mass is 32.2. The second-order valence-electron chi connectivity index (χ2n) is 7.17. The maximum Gasteiger partial charge on any atom is 0.191 e. The lowest BCUT2D eigenvalue weighted by Crippen LogP contribution is -2.46. The van der Waals surface area contributed by atoms with Crippen LogP contribution in [-0.2, 0) is 14.6 Å². The Morgan fingerprint density at radius 1 is 1.52 bits per heavy atom. The molecule has 0 aliphatic carbocycles. The SMILES string of the molecule is CCNC(=NCC(c1cccs1)N1CCOC(C)C1)NC1CCS(=O)(=O)C1. The van der Waals surface area contributed by atoms with Crippen LogP contribution in [0.1, 0.15) is 31.2 Å². The van der Waals surface area contributed by atoms with Crippen molar-refractivity contribution in [2.24, 2.45) is 4.99 Å². The summed E-state index contributed by atoms with van der Waals surface area (Å²) in [5.41, 5.74) is 0. The summed E-state index contributed by atoms with van der Waals surface area (Å²) in [5.74, 6) is 1.14. The number of morpholine rings is 1. The summed E-state index contributed by atoms with van der Waals surface area (Å²) in [6.07, 6.45) is 0.863. The van der Waals surface area contributed by atoms with Gasteiger partial charge in [0.05, 0.1) is 36.8 Å². The van der Waals surface area contributed by atoms with Gasteiger partial charge in [-0.2, -0.15) is 0 Å². The fourth-order valence-electron chi connectivity index (χ4n) is 3.59. The van der Waals surface area contributed by atoms with E-state index < -0.39 is 9.84 Å². The molecule has 1 aromatic heterocycles. The van der Waals surface area contributed by atoms with Crippen molar-refractivity contribution < 1.29 is 13.2 Å². The molecule has 3 unspecified atom stereocenters. The molecule has 3 rings (SSSR count). The zero-order chi connectivity index (χ0) is 19.3. The lowest BCUT2D eigenvalue weighted by molar-refractivity contribution is -0.0327. The van der Waals surface area contributed by atoms with Gasteiger partial charge in [0, 0.05) is 30.6 Å². The molecule has 0 radical (unpaired) electrons. The Morgan fingerprint density at radius 3 is 3.00 bits per heavy atom. The molecule has 152 valence electrons. The first-order valence-corrected chi connectivity index (χ1v) is 12.3. The largest absolute Gasteiger partial charge is 0.376 e. The van der Waals surface area contributed by atoms with Gasteiger partial charge in [0.2, 0.25) is 0 Å². The topological polar surface area (TPSA) is 83.0 Å². The molecule has 0 saturated carbocycles. The van der Waals surface area contributed by atoms with E-state index >= 15 is 0 Å². The van der Waals surface area contributed by atoms with Gasteiger partial charge in [-0.25, -0.2) is 8.42 Å². The number of rotatable bonds is 6. The summed E-state index contributed by atoms with van der Waals surface area (Å²) in [6, 6.07) is 4.39. The Bertz CT molecular complexity index is 721. The second-order valence-corrected chi connectivity index (χ2v) is 10.4. The van der Waals surface area contributed by atoms with E-state index in [1.54, 1.807) is 11.3 Å². The molecule has 2 aliphatic rings. The maximum atomic E-state index is 11.7. The second kappa shape index (κ2) is 9.36. The number of nitrogens with zero attached hydrogens (tertiary/aromatic N) is 2. The van der Waals surface area contributed by atoms with Crippen molar-refractivity contribution in [3.8, 4) is 0 Å². The molecule has 0 aromatic carbocycles. The van der Waals surface area contributed by atoms with Crippen molar-refractivity contribution in [2.75, 3.05) is 44.3 Å². The third-order valence-corrected chi connectivity index (χ3v) is 7.67. The lowest BCUT2D eigenvalue weighted by atomic mass is 10.1. The van der Waals surface area contributed by atoms with E-state index in [0.29, 0.717) is 18.9 Å². The minimum Gasteiger partial charge on any atom is -0.376 e. The Hall–Kier alpha value is -1.16. The molecule has 7 nitrogen and oxygen atoms in total. The van der Waals surface area contributed by atoms with Crippen LogP contribution in [0, 0.1) is 0 Å².